The molecule has 29 heavy (non-hydrogen) atoms. The zero-order chi connectivity index (χ0) is 21.5. The van der Waals surface area contributed by atoms with Crippen LogP contribution in [0.4, 0.5) is 5.69 Å². The van der Waals surface area contributed by atoms with Gasteiger partial charge in [0.25, 0.3) is 0 Å². The van der Waals surface area contributed by atoms with Crippen molar-refractivity contribution in [1.82, 2.24) is 4.72 Å². The highest BCUT2D eigenvalue weighted by atomic mass is 32.2. The van der Waals surface area contributed by atoms with Crippen LogP contribution in [0.1, 0.15) is 12.8 Å². The monoisotopic (exact) mass is 440 g/mol. The van der Waals surface area contributed by atoms with Gasteiger partial charge < -0.3 is 13.6 Å². The molecule has 2 aromatic carbocycles. The molecule has 0 amide bonds. The van der Waals surface area contributed by atoms with Gasteiger partial charge in [0.2, 0.25) is 10.0 Å². The van der Waals surface area contributed by atoms with Gasteiger partial charge in [-0.3, -0.25) is 0 Å². The minimum Gasteiger partial charge on any atom is -0.377 e. The summed E-state index contributed by atoms with van der Waals surface area (Å²) in [5, 5.41) is 1.69. The lowest BCUT2D eigenvalue weighted by Gasteiger charge is -2.29. The maximum absolute atomic E-state index is 12.9. The molecule has 1 N–H and O–H groups in total. The molecule has 0 radical (unpaired) electrons. The van der Waals surface area contributed by atoms with Gasteiger partial charge in [0.05, 0.1) is 39.2 Å². The zero-order valence-electron chi connectivity index (χ0n) is 18.1. The van der Waals surface area contributed by atoms with Crippen LogP contribution in [0.5, 0.6) is 0 Å². The normalized spacial score (nSPS) is 12.4. The number of hydrogen-bond donors (Lipinski definition) is 1. The van der Waals surface area contributed by atoms with Gasteiger partial charge in [0, 0.05) is 55.7 Å². The van der Waals surface area contributed by atoms with Gasteiger partial charge in [-0.25, -0.2) is 13.1 Å². The van der Waals surface area contributed by atoms with Crippen LogP contribution in [0.25, 0.3) is 10.8 Å². The fourth-order valence-corrected chi connectivity index (χ4v) is 5.13. The minimum atomic E-state index is -3.57. The van der Waals surface area contributed by atoms with E-state index in [1.54, 1.807) is 13.2 Å². The smallest absolute Gasteiger partial charge is 0.241 e. The first-order chi connectivity index (χ1) is 13.7. The quantitative estimate of drug-likeness (QED) is 0.312. The molecular formula is C21H34N3O3S2+. The van der Waals surface area contributed by atoms with Crippen molar-refractivity contribution in [3.63, 3.8) is 0 Å². The van der Waals surface area contributed by atoms with E-state index in [-0.39, 0.29) is 0 Å². The molecule has 0 aromatic heterocycles. The molecule has 0 aliphatic rings. The topological polar surface area (TPSA) is 58.6 Å². The second-order valence-electron chi connectivity index (χ2n) is 8.00. The first-order valence-electron chi connectivity index (χ1n) is 9.84. The Morgan fingerprint density at radius 1 is 1.03 bits per heavy atom. The maximum atomic E-state index is 12.9. The fraction of sp³-hybridized carbons (Fsp3) is 0.524. The van der Waals surface area contributed by atoms with Gasteiger partial charge in [0.1, 0.15) is 0 Å². The molecule has 0 unspecified atom stereocenters. The van der Waals surface area contributed by atoms with E-state index in [1.165, 1.54) is 12.0 Å². The van der Waals surface area contributed by atoms with E-state index < -0.39 is 10.0 Å². The van der Waals surface area contributed by atoms with Gasteiger partial charge >= 0.3 is 0 Å². The summed E-state index contributed by atoms with van der Waals surface area (Å²) in [6.07, 6.45) is 1.86. The molecule has 0 heterocycles. The number of nitrogens with zero attached hydrogens (tertiary/aromatic N) is 2. The largest absolute Gasteiger partial charge is 0.377 e. The zero-order valence-corrected chi connectivity index (χ0v) is 19.8. The van der Waals surface area contributed by atoms with Crippen LogP contribution in [-0.2, 0) is 14.2 Å². The summed E-state index contributed by atoms with van der Waals surface area (Å²) in [6, 6.07) is 11.2. The first-order valence-corrected chi connectivity index (χ1v) is 12.2. The molecule has 0 bridgehead atoms. The lowest BCUT2D eigenvalue weighted by Crippen LogP contribution is -2.42. The summed E-state index contributed by atoms with van der Waals surface area (Å²) in [6.45, 7) is 2.39. The third-order valence-electron chi connectivity index (χ3n) is 4.97. The lowest BCUT2D eigenvalue weighted by molar-refractivity contribution is -0.890. The molecule has 0 saturated carbocycles. The Labute approximate surface area is 180 Å². The molecule has 0 fully saturated rings. The molecule has 2 rings (SSSR count). The van der Waals surface area contributed by atoms with E-state index in [0.29, 0.717) is 11.4 Å². The number of hydrogen-bond acceptors (Lipinski definition) is 5. The van der Waals surface area contributed by atoms with Crippen LogP contribution in [0, 0.1) is 0 Å². The van der Waals surface area contributed by atoms with Crippen molar-refractivity contribution in [2.45, 2.75) is 17.7 Å². The molecule has 2 aromatic rings. The van der Waals surface area contributed by atoms with Crippen molar-refractivity contribution in [3.05, 3.63) is 36.4 Å². The third-order valence-corrected chi connectivity index (χ3v) is 7.18. The second-order valence-corrected chi connectivity index (χ2v) is 10.7. The Morgan fingerprint density at radius 3 is 2.38 bits per heavy atom. The van der Waals surface area contributed by atoms with Gasteiger partial charge in [-0.05, 0) is 24.2 Å². The molecule has 0 aliphatic carbocycles. The van der Waals surface area contributed by atoms with E-state index in [4.69, 9.17) is 4.18 Å². The molecular weight excluding hydrogens is 406 g/mol. The number of rotatable bonds is 12. The summed E-state index contributed by atoms with van der Waals surface area (Å²) in [7, 11) is 6.40. The Kier molecular flexibility index (Phi) is 8.78. The predicted octanol–water partition coefficient (Wildman–Crippen LogP) is 3.34. The van der Waals surface area contributed by atoms with Crippen LogP contribution in [0.3, 0.4) is 0 Å². The van der Waals surface area contributed by atoms with Crippen molar-refractivity contribution in [1.29, 1.82) is 0 Å². The van der Waals surface area contributed by atoms with E-state index in [0.717, 1.165) is 52.6 Å². The number of anilines is 1. The Hall–Kier alpha value is -1.32. The molecule has 0 aliphatic heterocycles. The van der Waals surface area contributed by atoms with E-state index >= 15 is 0 Å². The third kappa shape index (κ3) is 6.86. The van der Waals surface area contributed by atoms with Gasteiger partial charge in [-0.1, -0.05) is 24.3 Å². The number of quaternary nitrogens is 1. The van der Waals surface area contributed by atoms with Crippen LogP contribution >= 0.6 is 12.0 Å². The summed E-state index contributed by atoms with van der Waals surface area (Å²) >= 11 is 1.48. The van der Waals surface area contributed by atoms with Crippen LogP contribution in [-0.4, -0.2) is 73.6 Å². The van der Waals surface area contributed by atoms with Crippen molar-refractivity contribution in [2.75, 3.05) is 65.6 Å². The van der Waals surface area contributed by atoms with Crippen molar-refractivity contribution in [3.8, 4) is 0 Å². The molecule has 0 spiro atoms. The maximum Gasteiger partial charge on any atom is 0.241 e. The summed E-state index contributed by atoms with van der Waals surface area (Å²) in [4.78, 5) is 2.33. The molecule has 162 valence electrons. The SMILES string of the molecule is COSCCC[N+](C)(C)CCCNS(=O)(=O)c1cccc2c(N(C)C)cccc12. The van der Waals surface area contributed by atoms with Crippen LogP contribution < -0.4 is 9.62 Å². The van der Waals surface area contributed by atoms with E-state index in [9.17, 15) is 8.42 Å². The van der Waals surface area contributed by atoms with E-state index in [2.05, 4.69) is 18.8 Å². The average Bonchev–Trinajstić information content (AvgIpc) is 2.67. The second kappa shape index (κ2) is 10.6. The predicted molar refractivity (Wildman–Crippen MR) is 124 cm³/mol. The summed E-state index contributed by atoms with van der Waals surface area (Å²) in [5.74, 6) is 0.973. The Balaban J connectivity index is 2.01. The number of sulfonamides is 1. The van der Waals surface area contributed by atoms with Gasteiger partial charge in [0.15, 0.2) is 0 Å². The van der Waals surface area contributed by atoms with Gasteiger partial charge in [-0.2, -0.15) is 0 Å². The van der Waals surface area contributed by atoms with Gasteiger partial charge in [-0.15, -0.1) is 0 Å². The highest BCUT2D eigenvalue weighted by Crippen LogP contribution is 2.30. The number of benzene rings is 2. The molecule has 0 atom stereocenters. The highest BCUT2D eigenvalue weighted by molar-refractivity contribution is 7.94. The molecule has 6 nitrogen and oxygen atoms in total. The van der Waals surface area contributed by atoms with Crippen molar-refractivity contribution < 1.29 is 17.1 Å². The van der Waals surface area contributed by atoms with E-state index in [1.807, 2.05) is 49.3 Å². The lowest BCUT2D eigenvalue weighted by atomic mass is 10.1. The van der Waals surface area contributed by atoms with Crippen LogP contribution in [0.15, 0.2) is 41.3 Å². The average molecular weight is 441 g/mol. The number of fused-ring (bicyclic) bond motifs is 1. The summed E-state index contributed by atoms with van der Waals surface area (Å²) < 4.78 is 34.6. The summed E-state index contributed by atoms with van der Waals surface area (Å²) in [5.41, 5.74) is 1.00. The minimum absolute atomic E-state index is 0.337. The molecule has 0 saturated heterocycles. The molecule has 8 heteroatoms. The highest BCUT2D eigenvalue weighted by Gasteiger charge is 2.19. The van der Waals surface area contributed by atoms with Crippen LogP contribution in [0.2, 0.25) is 0 Å². The Bertz CT molecular complexity index is 899. The Morgan fingerprint density at radius 2 is 1.69 bits per heavy atom. The van der Waals surface area contributed by atoms with Crippen molar-refractivity contribution in [2.24, 2.45) is 0 Å². The number of nitrogens with one attached hydrogen (secondary N) is 1. The first kappa shape index (κ1) is 24.0. The van der Waals surface area contributed by atoms with Crippen molar-refractivity contribution >= 4 is 38.5 Å². The fourth-order valence-electron chi connectivity index (χ4n) is 3.43. The standard InChI is InChI=1S/C21H34N3O3S2/c1-23(2)20-12-6-11-19-18(20)10-7-13-21(19)29(25,26)22-14-8-15-24(3,4)16-9-17-28-27-5/h6-7,10-13,22H,8-9,14-17H2,1-5H3/q+1.